The number of likely N-dealkylation sites (N-methyl/N-ethyl adjacent to an activating group) is 1. The zero-order valence-corrected chi connectivity index (χ0v) is 7.76. The molecule has 0 aromatic carbocycles. The molecule has 72 valence electrons. The fourth-order valence-corrected chi connectivity index (χ4v) is 0.746. The van der Waals surface area contributed by atoms with E-state index in [4.69, 9.17) is 4.84 Å². The first-order valence-corrected chi connectivity index (χ1v) is 3.67. The van der Waals surface area contributed by atoms with Crippen molar-refractivity contribution in [1.29, 1.82) is 0 Å². The molecule has 0 radical (unpaired) electrons. The van der Waals surface area contributed by atoms with E-state index < -0.39 is 0 Å². The molecule has 0 unspecified atom stereocenters. The maximum atomic E-state index is 11.3. The summed E-state index contributed by atoms with van der Waals surface area (Å²) in [5, 5.41) is 11.8. The SMILES string of the molecule is CON(C)C(=O)Cc1nnnn1C. The summed E-state index contributed by atoms with van der Waals surface area (Å²) in [6, 6.07) is 0. The van der Waals surface area contributed by atoms with Gasteiger partial charge >= 0.3 is 0 Å². The molecule has 0 spiro atoms. The van der Waals surface area contributed by atoms with Gasteiger partial charge < -0.3 is 0 Å². The minimum atomic E-state index is -0.194. The fraction of sp³-hybridized carbons (Fsp3) is 0.667. The van der Waals surface area contributed by atoms with Crippen LogP contribution in [-0.4, -0.2) is 45.3 Å². The van der Waals surface area contributed by atoms with Crippen LogP contribution in [0.25, 0.3) is 0 Å². The molecule has 1 rings (SSSR count). The summed E-state index contributed by atoms with van der Waals surface area (Å²) in [7, 11) is 4.63. The van der Waals surface area contributed by atoms with Crippen molar-refractivity contribution >= 4 is 5.91 Å². The molecule has 1 amide bonds. The average Bonchev–Trinajstić information content (AvgIpc) is 2.50. The molecule has 7 heteroatoms. The Bertz CT molecular complexity index is 297. The highest BCUT2D eigenvalue weighted by Crippen LogP contribution is 1.94. The number of aromatic nitrogens is 4. The van der Waals surface area contributed by atoms with E-state index >= 15 is 0 Å². The van der Waals surface area contributed by atoms with Crippen molar-refractivity contribution in [3.63, 3.8) is 0 Å². The third kappa shape index (κ3) is 2.22. The normalized spacial score (nSPS) is 10.1. The average molecular weight is 185 g/mol. The van der Waals surface area contributed by atoms with Gasteiger partial charge in [0.2, 0.25) is 0 Å². The van der Waals surface area contributed by atoms with Gasteiger partial charge in [0, 0.05) is 14.1 Å². The van der Waals surface area contributed by atoms with Gasteiger partial charge in [-0.25, -0.2) is 9.75 Å². The van der Waals surface area contributed by atoms with Crippen molar-refractivity contribution in [2.75, 3.05) is 14.2 Å². The van der Waals surface area contributed by atoms with E-state index in [0.29, 0.717) is 5.82 Å². The Kier molecular flexibility index (Phi) is 2.91. The van der Waals surface area contributed by atoms with E-state index in [0.717, 1.165) is 5.06 Å². The van der Waals surface area contributed by atoms with E-state index in [1.54, 1.807) is 7.05 Å². The van der Waals surface area contributed by atoms with Crippen LogP contribution in [0, 0.1) is 0 Å². The summed E-state index contributed by atoms with van der Waals surface area (Å²) in [6.07, 6.45) is 0.133. The number of carbonyl (C=O) groups is 1. The molecule has 0 bridgehead atoms. The minimum absolute atomic E-state index is 0.133. The Morgan fingerprint density at radius 1 is 1.69 bits per heavy atom. The van der Waals surface area contributed by atoms with Crippen molar-refractivity contribution in [1.82, 2.24) is 25.3 Å². The van der Waals surface area contributed by atoms with Crippen LogP contribution < -0.4 is 0 Å². The monoisotopic (exact) mass is 185 g/mol. The van der Waals surface area contributed by atoms with Crippen LogP contribution in [0.1, 0.15) is 5.82 Å². The number of tetrazole rings is 1. The third-order valence-electron chi connectivity index (χ3n) is 1.64. The maximum absolute atomic E-state index is 11.3. The second-order valence-electron chi connectivity index (χ2n) is 2.47. The molecule has 7 nitrogen and oxygen atoms in total. The third-order valence-corrected chi connectivity index (χ3v) is 1.64. The topological polar surface area (TPSA) is 73.1 Å². The summed E-state index contributed by atoms with van der Waals surface area (Å²) in [5.74, 6) is 0.314. The fourth-order valence-electron chi connectivity index (χ4n) is 0.746. The predicted octanol–water partition coefficient (Wildman–Crippen LogP) is -1.23. The molecule has 0 fully saturated rings. The largest absolute Gasteiger partial charge is 0.275 e. The first-order valence-electron chi connectivity index (χ1n) is 3.67. The summed E-state index contributed by atoms with van der Waals surface area (Å²) >= 11 is 0. The lowest BCUT2D eigenvalue weighted by Gasteiger charge is -2.12. The van der Waals surface area contributed by atoms with Gasteiger partial charge in [-0.2, -0.15) is 0 Å². The highest BCUT2D eigenvalue weighted by Gasteiger charge is 2.12. The molecule has 1 aromatic rings. The molecular formula is C6H11N5O2. The van der Waals surface area contributed by atoms with Crippen LogP contribution in [0.5, 0.6) is 0 Å². The Labute approximate surface area is 75.2 Å². The Balaban J connectivity index is 2.60. The molecule has 0 aliphatic carbocycles. The first kappa shape index (κ1) is 9.59. The molecule has 0 aliphatic rings. The quantitative estimate of drug-likeness (QED) is 0.551. The summed E-state index contributed by atoms with van der Waals surface area (Å²) < 4.78 is 1.45. The predicted molar refractivity (Wildman–Crippen MR) is 42.3 cm³/mol. The van der Waals surface area contributed by atoms with Gasteiger partial charge in [-0.05, 0) is 10.4 Å². The smallest absolute Gasteiger partial charge is 0.253 e. The van der Waals surface area contributed by atoms with Crippen LogP contribution in [-0.2, 0) is 23.1 Å². The Morgan fingerprint density at radius 3 is 2.85 bits per heavy atom. The zero-order chi connectivity index (χ0) is 9.84. The van der Waals surface area contributed by atoms with E-state index in [-0.39, 0.29) is 12.3 Å². The standard InChI is InChI=1S/C6H11N5O2/c1-10-5(7-8-9-10)4-6(12)11(2)13-3/h4H2,1-3H3. The minimum Gasteiger partial charge on any atom is -0.275 e. The summed E-state index contributed by atoms with van der Waals surface area (Å²) in [4.78, 5) is 16.0. The molecular weight excluding hydrogens is 174 g/mol. The molecule has 13 heavy (non-hydrogen) atoms. The van der Waals surface area contributed by atoms with Crippen molar-refractivity contribution in [3.05, 3.63) is 5.82 Å². The van der Waals surface area contributed by atoms with Crippen molar-refractivity contribution in [3.8, 4) is 0 Å². The molecule has 0 saturated carbocycles. The highest BCUT2D eigenvalue weighted by molar-refractivity contribution is 5.76. The Morgan fingerprint density at radius 2 is 2.38 bits per heavy atom. The second kappa shape index (κ2) is 3.94. The van der Waals surface area contributed by atoms with Crippen LogP contribution >= 0.6 is 0 Å². The lowest BCUT2D eigenvalue weighted by molar-refractivity contribution is -0.168. The summed E-state index contributed by atoms with van der Waals surface area (Å²) in [6.45, 7) is 0. The molecule has 0 N–H and O–H groups in total. The van der Waals surface area contributed by atoms with Crippen LogP contribution in [0.3, 0.4) is 0 Å². The number of hydrogen-bond donors (Lipinski definition) is 0. The maximum Gasteiger partial charge on any atom is 0.253 e. The molecule has 0 atom stereocenters. The number of amides is 1. The van der Waals surface area contributed by atoms with Crippen LogP contribution in [0.15, 0.2) is 0 Å². The first-order chi connectivity index (χ1) is 6.15. The van der Waals surface area contributed by atoms with Gasteiger partial charge in [0.15, 0.2) is 5.82 Å². The lowest BCUT2D eigenvalue weighted by atomic mass is 10.4. The number of hydrogen-bond acceptors (Lipinski definition) is 5. The van der Waals surface area contributed by atoms with E-state index in [1.807, 2.05) is 0 Å². The number of aryl methyl sites for hydroxylation is 1. The number of rotatable bonds is 3. The highest BCUT2D eigenvalue weighted by atomic mass is 16.7. The second-order valence-corrected chi connectivity index (χ2v) is 2.47. The number of carbonyl (C=O) groups excluding carboxylic acids is 1. The van der Waals surface area contributed by atoms with Crippen molar-refractivity contribution < 1.29 is 9.63 Å². The van der Waals surface area contributed by atoms with Gasteiger partial charge in [-0.3, -0.25) is 9.63 Å². The number of nitrogens with zero attached hydrogens (tertiary/aromatic N) is 5. The van der Waals surface area contributed by atoms with Gasteiger partial charge in [0.25, 0.3) is 5.91 Å². The van der Waals surface area contributed by atoms with E-state index in [9.17, 15) is 4.79 Å². The zero-order valence-electron chi connectivity index (χ0n) is 7.76. The lowest BCUT2D eigenvalue weighted by Crippen LogP contribution is -2.28. The van der Waals surface area contributed by atoms with Crippen molar-refractivity contribution in [2.24, 2.45) is 7.05 Å². The van der Waals surface area contributed by atoms with Crippen LogP contribution in [0.2, 0.25) is 0 Å². The Hall–Kier alpha value is -1.50. The van der Waals surface area contributed by atoms with Crippen molar-refractivity contribution in [2.45, 2.75) is 6.42 Å². The van der Waals surface area contributed by atoms with Gasteiger partial charge in [0.1, 0.15) is 0 Å². The van der Waals surface area contributed by atoms with Gasteiger partial charge in [0.05, 0.1) is 13.5 Å². The summed E-state index contributed by atoms with van der Waals surface area (Å²) in [5.41, 5.74) is 0. The molecule has 0 saturated heterocycles. The van der Waals surface area contributed by atoms with Crippen LogP contribution in [0.4, 0.5) is 0 Å². The van der Waals surface area contributed by atoms with Gasteiger partial charge in [-0.1, -0.05) is 0 Å². The molecule has 1 heterocycles. The molecule has 1 aromatic heterocycles. The molecule has 0 aliphatic heterocycles. The van der Waals surface area contributed by atoms with Gasteiger partial charge in [-0.15, -0.1) is 5.10 Å². The van der Waals surface area contributed by atoms with E-state index in [1.165, 1.54) is 18.8 Å². The number of hydroxylamine groups is 2. The van der Waals surface area contributed by atoms with E-state index in [2.05, 4.69) is 15.5 Å².